The molecule has 1 unspecified atom stereocenters. The monoisotopic (exact) mass is 409 g/mol. The lowest BCUT2D eigenvalue weighted by Crippen LogP contribution is -2.49. The molecule has 1 atom stereocenters. The number of carbonyl (C=O) groups is 1. The van der Waals surface area contributed by atoms with Crippen molar-refractivity contribution in [2.75, 3.05) is 26.2 Å². The van der Waals surface area contributed by atoms with Gasteiger partial charge in [-0.1, -0.05) is 23.4 Å². The van der Waals surface area contributed by atoms with Crippen molar-refractivity contribution < 1.29 is 13.7 Å². The summed E-state index contributed by atoms with van der Waals surface area (Å²) in [5.41, 5.74) is 1.95. The number of carbonyl (C=O) groups excluding carboxylic acids is 1. The molecule has 3 heterocycles. The van der Waals surface area contributed by atoms with Gasteiger partial charge in [0.1, 0.15) is 5.82 Å². The molecule has 4 rings (SSSR count). The topological polar surface area (TPSA) is 75.4 Å². The summed E-state index contributed by atoms with van der Waals surface area (Å²) in [6, 6.07) is 10.4. The molecule has 8 heteroatoms. The summed E-state index contributed by atoms with van der Waals surface area (Å²) in [4.78, 5) is 25.3. The van der Waals surface area contributed by atoms with Crippen LogP contribution >= 0.6 is 0 Å². The van der Waals surface area contributed by atoms with Gasteiger partial charge in [-0.25, -0.2) is 4.39 Å². The molecule has 3 aromatic rings. The summed E-state index contributed by atoms with van der Waals surface area (Å²) >= 11 is 0. The first-order chi connectivity index (χ1) is 14.5. The standard InChI is InChI=1S/C22H24FN5O2/c1-15-6-7-17(13-19(15)23)21-25-22(30-26-21)16(2)27-9-11-28(12-10-27)20(29)14-18-5-3-4-8-24-18/h3-8,13,16H,9-12,14H2,1-2H3. The zero-order valence-corrected chi connectivity index (χ0v) is 17.1. The maximum Gasteiger partial charge on any atom is 0.244 e. The van der Waals surface area contributed by atoms with Crippen LogP contribution in [-0.2, 0) is 11.2 Å². The zero-order chi connectivity index (χ0) is 21.1. The van der Waals surface area contributed by atoms with Crippen LogP contribution in [0.5, 0.6) is 0 Å². The van der Waals surface area contributed by atoms with Gasteiger partial charge in [-0.05, 0) is 37.6 Å². The van der Waals surface area contributed by atoms with Crippen LogP contribution in [0.2, 0.25) is 0 Å². The smallest absolute Gasteiger partial charge is 0.244 e. The zero-order valence-electron chi connectivity index (χ0n) is 17.1. The molecule has 0 bridgehead atoms. The third-order valence-electron chi connectivity index (χ3n) is 5.50. The van der Waals surface area contributed by atoms with Gasteiger partial charge >= 0.3 is 0 Å². The number of rotatable bonds is 5. The molecule has 1 amide bonds. The van der Waals surface area contributed by atoms with Crippen LogP contribution in [0.25, 0.3) is 11.4 Å². The summed E-state index contributed by atoms with van der Waals surface area (Å²) in [6.07, 6.45) is 2.02. The Bertz CT molecular complexity index is 1020. The third-order valence-corrected chi connectivity index (χ3v) is 5.50. The summed E-state index contributed by atoms with van der Waals surface area (Å²) in [5, 5.41) is 4.01. The van der Waals surface area contributed by atoms with Gasteiger partial charge in [-0.3, -0.25) is 14.7 Å². The van der Waals surface area contributed by atoms with E-state index in [2.05, 4.69) is 20.0 Å². The molecule has 1 saturated heterocycles. The predicted molar refractivity (Wildman–Crippen MR) is 109 cm³/mol. The second-order valence-electron chi connectivity index (χ2n) is 7.51. The van der Waals surface area contributed by atoms with E-state index in [1.54, 1.807) is 25.3 Å². The largest absolute Gasteiger partial charge is 0.340 e. The Hall–Kier alpha value is -3.13. The molecular formula is C22H24FN5O2. The van der Waals surface area contributed by atoms with E-state index < -0.39 is 0 Å². The summed E-state index contributed by atoms with van der Waals surface area (Å²) in [5.74, 6) is 0.653. The van der Waals surface area contributed by atoms with Crippen LogP contribution in [0.15, 0.2) is 47.1 Å². The summed E-state index contributed by atoms with van der Waals surface area (Å²) in [6.45, 7) is 6.42. The molecule has 7 nitrogen and oxygen atoms in total. The number of amides is 1. The first kappa shape index (κ1) is 20.2. The number of pyridine rings is 1. The molecule has 0 saturated carbocycles. The molecule has 2 aromatic heterocycles. The number of piperazine rings is 1. The average molecular weight is 409 g/mol. The second kappa shape index (κ2) is 8.71. The van der Waals surface area contributed by atoms with E-state index in [-0.39, 0.29) is 17.8 Å². The maximum atomic E-state index is 13.8. The molecule has 1 aromatic carbocycles. The molecule has 0 N–H and O–H groups in total. The van der Waals surface area contributed by atoms with Crippen molar-refractivity contribution in [3.63, 3.8) is 0 Å². The van der Waals surface area contributed by atoms with E-state index in [4.69, 9.17) is 4.52 Å². The first-order valence-electron chi connectivity index (χ1n) is 10.0. The molecule has 30 heavy (non-hydrogen) atoms. The van der Waals surface area contributed by atoms with Gasteiger partial charge in [0.15, 0.2) is 0 Å². The molecule has 1 aliphatic rings. The fourth-order valence-electron chi connectivity index (χ4n) is 3.54. The first-order valence-corrected chi connectivity index (χ1v) is 10.0. The Morgan fingerprint density at radius 3 is 2.70 bits per heavy atom. The summed E-state index contributed by atoms with van der Waals surface area (Å²) in [7, 11) is 0. The highest BCUT2D eigenvalue weighted by atomic mass is 19.1. The van der Waals surface area contributed by atoms with Crippen LogP contribution in [-0.4, -0.2) is 57.0 Å². The van der Waals surface area contributed by atoms with Crippen molar-refractivity contribution in [3.05, 3.63) is 65.6 Å². The van der Waals surface area contributed by atoms with E-state index in [0.29, 0.717) is 55.4 Å². The molecule has 1 aliphatic heterocycles. The second-order valence-corrected chi connectivity index (χ2v) is 7.51. The SMILES string of the molecule is Cc1ccc(-c2noc(C(C)N3CCN(C(=O)Cc4ccccn4)CC3)n2)cc1F. The van der Waals surface area contributed by atoms with Gasteiger partial charge < -0.3 is 9.42 Å². The van der Waals surface area contributed by atoms with Gasteiger partial charge in [-0.2, -0.15) is 4.98 Å². The lowest BCUT2D eigenvalue weighted by atomic mass is 10.1. The Balaban J connectivity index is 1.35. The van der Waals surface area contributed by atoms with Gasteiger partial charge in [0.2, 0.25) is 17.6 Å². The Labute approximate surface area is 174 Å². The Morgan fingerprint density at radius 1 is 1.20 bits per heavy atom. The Morgan fingerprint density at radius 2 is 2.00 bits per heavy atom. The lowest BCUT2D eigenvalue weighted by molar-refractivity contribution is -0.132. The molecule has 0 spiro atoms. The molecule has 1 fully saturated rings. The lowest BCUT2D eigenvalue weighted by Gasteiger charge is -2.36. The number of hydrogen-bond acceptors (Lipinski definition) is 6. The number of halogens is 1. The highest BCUT2D eigenvalue weighted by Crippen LogP contribution is 2.24. The van der Waals surface area contributed by atoms with Crippen LogP contribution in [0.4, 0.5) is 4.39 Å². The molecular weight excluding hydrogens is 385 g/mol. The van der Waals surface area contributed by atoms with E-state index >= 15 is 0 Å². The minimum atomic E-state index is -0.293. The van der Waals surface area contributed by atoms with Crippen LogP contribution in [0.1, 0.15) is 30.1 Å². The van der Waals surface area contributed by atoms with Gasteiger partial charge in [-0.15, -0.1) is 0 Å². The van der Waals surface area contributed by atoms with Crippen molar-refractivity contribution in [2.24, 2.45) is 0 Å². The minimum Gasteiger partial charge on any atom is -0.340 e. The van der Waals surface area contributed by atoms with Gasteiger partial charge in [0.25, 0.3) is 0 Å². The number of nitrogens with zero attached hydrogens (tertiary/aromatic N) is 5. The van der Waals surface area contributed by atoms with Crippen molar-refractivity contribution in [1.29, 1.82) is 0 Å². The van der Waals surface area contributed by atoms with Crippen molar-refractivity contribution in [1.82, 2.24) is 24.9 Å². The normalized spacial score (nSPS) is 15.9. The van der Waals surface area contributed by atoms with Crippen LogP contribution < -0.4 is 0 Å². The number of aromatic nitrogens is 3. The predicted octanol–water partition coefficient (Wildman–Crippen LogP) is 3.03. The van der Waals surface area contributed by atoms with E-state index in [0.717, 1.165) is 5.69 Å². The van der Waals surface area contributed by atoms with E-state index in [1.165, 1.54) is 6.07 Å². The quantitative estimate of drug-likeness (QED) is 0.645. The number of benzene rings is 1. The fourth-order valence-corrected chi connectivity index (χ4v) is 3.54. The summed E-state index contributed by atoms with van der Waals surface area (Å²) < 4.78 is 19.3. The van der Waals surface area contributed by atoms with Crippen molar-refractivity contribution >= 4 is 5.91 Å². The maximum absolute atomic E-state index is 13.8. The molecule has 0 aliphatic carbocycles. The van der Waals surface area contributed by atoms with Gasteiger partial charge in [0, 0.05) is 43.6 Å². The minimum absolute atomic E-state index is 0.0856. The third kappa shape index (κ3) is 4.38. The molecule has 0 radical (unpaired) electrons. The highest BCUT2D eigenvalue weighted by Gasteiger charge is 2.28. The average Bonchev–Trinajstić information content (AvgIpc) is 3.26. The van der Waals surface area contributed by atoms with E-state index in [9.17, 15) is 9.18 Å². The van der Waals surface area contributed by atoms with Crippen LogP contribution in [0.3, 0.4) is 0 Å². The number of aryl methyl sites for hydroxylation is 1. The fraction of sp³-hybridized carbons (Fsp3) is 0.364. The number of hydrogen-bond donors (Lipinski definition) is 0. The van der Waals surface area contributed by atoms with Gasteiger partial charge in [0.05, 0.1) is 12.5 Å². The van der Waals surface area contributed by atoms with E-state index in [1.807, 2.05) is 30.0 Å². The highest BCUT2D eigenvalue weighted by molar-refractivity contribution is 5.78. The van der Waals surface area contributed by atoms with Crippen molar-refractivity contribution in [3.8, 4) is 11.4 Å². The molecule has 156 valence electrons. The van der Waals surface area contributed by atoms with Crippen molar-refractivity contribution in [2.45, 2.75) is 26.3 Å². The Kier molecular flexibility index (Phi) is 5.85. The van der Waals surface area contributed by atoms with Crippen LogP contribution in [0, 0.1) is 12.7 Å².